The van der Waals surface area contributed by atoms with Crippen molar-refractivity contribution < 1.29 is 22.7 Å². The van der Waals surface area contributed by atoms with E-state index in [0.29, 0.717) is 13.2 Å². The second-order valence-electron chi connectivity index (χ2n) is 5.19. The maximum absolute atomic E-state index is 12.8. The number of alkyl halides is 3. The monoisotopic (exact) mass is 388 g/mol. The second kappa shape index (κ2) is 8.81. The van der Waals surface area contributed by atoms with E-state index in [9.17, 15) is 18.0 Å². The standard InChI is InChI=1S/C16H16ClF3N4O2/c1-26-8-2-6-21-15-22-7-5-12(24-15)14(25)23-13-9-10(16(18,19)20)3-4-11(13)17/h3-5,7,9H,2,6,8H2,1H3,(H,23,25)(H,21,22,24). The number of ether oxygens (including phenoxy) is 1. The summed E-state index contributed by atoms with van der Waals surface area (Å²) >= 11 is 5.87. The number of rotatable bonds is 7. The van der Waals surface area contributed by atoms with Crippen LogP contribution in [0.15, 0.2) is 30.5 Å². The molecule has 0 unspecified atom stereocenters. The second-order valence-corrected chi connectivity index (χ2v) is 5.59. The van der Waals surface area contributed by atoms with Crippen LogP contribution in [0.2, 0.25) is 5.02 Å². The van der Waals surface area contributed by atoms with E-state index in [2.05, 4.69) is 20.6 Å². The number of hydrogen-bond donors (Lipinski definition) is 2. The molecule has 0 saturated heterocycles. The number of anilines is 2. The highest BCUT2D eigenvalue weighted by molar-refractivity contribution is 6.33. The zero-order valence-corrected chi connectivity index (χ0v) is 14.5. The Morgan fingerprint density at radius 3 is 2.77 bits per heavy atom. The van der Waals surface area contributed by atoms with Crippen LogP contribution in [0.5, 0.6) is 0 Å². The molecule has 1 amide bonds. The molecular formula is C16H16ClF3N4O2. The number of hydrogen-bond acceptors (Lipinski definition) is 5. The van der Waals surface area contributed by atoms with Gasteiger partial charge in [0.2, 0.25) is 5.95 Å². The molecule has 10 heteroatoms. The summed E-state index contributed by atoms with van der Waals surface area (Å²) in [6, 6.07) is 4.02. The lowest BCUT2D eigenvalue weighted by atomic mass is 10.2. The van der Waals surface area contributed by atoms with E-state index in [-0.39, 0.29) is 22.4 Å². The third-order valence-corrected chi connectivity index (χ3v) is 3.57. The summed E-state index contributed by atoms with van der Waals surface area (Å²) in [6.45, 7) is 1.10. The molecular weight excluding hydrogens is 373 g/mol. The molecule has 0 spiro atoms. The number of benzene rings is 1. The molecule has 0 aliphatic heterocycles. The fourth-order valence-electron chi connectivity index (χ4n) is 1.97. The fraction of sp³-hybridized carbons (Fsp3) is 0.312. The summed E-state index contributed by atoms with van der Waals surface area (Å²) in [7, 11) is 1.58. The third kappa shape index (κ3) is 5.57. The van der Waals surface area contributed by atoms with Gasteiger partial charge in [0, 0.05) is 26.5 Å². The van der Waals surface area contributed by atoms with Crippen LogP contribution in [0, 0.1) is 0 Å². The van der Waals surface area contributed by atoms with Crippen LogP contribution in [0.1, 0.15) is 22.5 Å². The molecule has 1 aromatic heterocycles. The molecule has 0 fully saturated rings. The Morgan fingerprint density at radius 1 is 1.31 bits per heavy atom. The normalized spacial score (nSPS) is 11.3. The number of methoxy groups -OCH3 is 1. The van der Waals surface area contributed by atoms with Gasteiger partial charge < -0.3 is 15.4 Å². The lowest BCUT2D eigenvalue weighted by molar-refractivity contribution is -0.137. The van der Waals surface area contributed by atoms with Crippen molar-refractivity contribution in [3.05, 3.63) is 46.7 Å². The smallest absolute Gasteiger partial charge is 0.385 e. The van der Waals surface area contributed by atoms with E-state index in [4.69, 9.17) is 16.3 Å². The number of carbonyl (C=O) groups excluding carboxylic acids is 1. The van der Waals surface area contributed by atoms with Gasteiger partial charge in [-0.15, -0.1) is 0 Å². The van der Waals surface area contributed by atoms with Gasteiger partial charge in [-0.1, -0.05) is 11.6 Å². The molecule has 140 valence electrons. The van der Waals surface area contributed by atoms with Gasteiger partial charge in [0.1, 0.15) is 5.69 Å². The van der Waals surface area contributed by atoms with Crippen molar-refractivity contribution in [1.29, 1.82) is 0 Å². The fourth-order valence-corrected chi connectivity index (χ4v) is 2.14. The Balaban J connectivity index is 2.10. The Labute approximate surface area is 152 Å². The number of nitrogens with zero attached hydrogens (tertiary/aromatic N) is 2. The van der Waals surface area contributed by atoms with Crippen molar-refractivity contribution in [2.45, 2.75) is 12.6 Å². The first-order valence-corrected chi connectivity index (χ1v) is 7.93. The summed E-state index contributed by atoms with van der Waals surface area (Å²) in [4.78, 5) is 20.3. The van der Waals surface area contributed by atoms with Gasteiger partial charge in [-0.05, 0) is 30.7 Å². The molecule has 2 N–H and O–H groups in total. The largest absolute Gasteiger partial charge is 0.416 e. The van der Waals surface area contributed by atoms with Gasteiger partial charge in [0.25, 0.3) is 5.91 Å². The molecule has 2 rings (SSSR count). The molecule has 0 atom stereocenters. The van der Waals surface area contributed by atoms with Gasteiger partial charge >= 0.3 is 6.18 Å². The molecule has 1 aromatic carbocycles. The molecule has 0 aliphatic carbocycles. The van der Waals surface area contributed by atoms with E-state index in [0.717, 1.165) is 24.6 Å². The number of halogens is 4. The maximum Gasteiger partial charge on any atom is 0.416 e. The number of amides is 1. The summed E-state index contributed by atoms with van der Waals surface area (Å²) in [5.74, 6) is -0.475. The Bertz CT molecular complexity index is 771. The minimum absolute atomic E-state index is 0.0114. The van der Waals surface area contributed by atoms with E-state index < -0.39 is 17.6 Å². The number of carbonyl (C=O) groups is 1. The molecule has 2 aromatic rings. The SMILES string of the molecule is COCCCNc1nccc(C(=O)Nc2cc(C(F)(F)F)ccc2Cl)n1. The van der Waals surface area contributed by atoms with E-state index >= 15 is 0 Å². The van der Waals surface area contributed by atoms with Crippen LogP contribution in [-0.2, 0) is 10.9 Å². The van der Waals surface area contributed by atoms with E-state index in [1.807, 2.05) is 0 Å². The van der Waals surface area contributed by atoms with Crippen molar-refractivity contribution in [3.63, 3.8) is 0 Å². The predicted molar refractivity (Wildman–Crippen MR) is 91.4 cm³/mol. The van der Waals surface area contributed by atoms with Crippen LogP contribution < -0.4 is 10.6 Å². The molecule has 0 saturated carbocycles. The van der Waals surface area contributed by atoms with Crippen LogP contribution in [-0.4, -0.2) is 36.1 Å². The first-order chi connectivity index (χ1) is 12.3. The van der Waals surface area contributed by atoms with Crippen LogP contribution >= 0.6 is 11.6 Å². The van der Waals surface area contributed by atoms with Gasteiger partial charge in [-0.3, -0.25) is 4.79 Å². The summed E-state index contributed by atoms with van der Waals surface area (Å²) in [5, 5.41) is 5.24. The summed E-state index contributed by atoms with van der Waals surface area (Å²) in [6.07, 6.45) is -2.46. The topological polar surface area (TPSA) is 76.1 Å². The zero-order valence-electron chi connectivity index (χ0n) is 13.7. The Kier molecular flexibility index (Phi) is 6.76. The quantitative estimate of drug-likeness (QED) is 0.704. The molecule has 0 aliphatic rings. The van der Waals surface area contributed by atoms with E-state index in [1.54, 1.807) is 7.11 Å². The van der Waals surface area contributed by atoms with Crippen molar-refractivity contribution >= 4 is 29.1 Å². The van der Waals surface area contributed by atoms with E-state index in [1.165, 1.54) is 12.3 Å². The lowest BCUT2D eigenvalue weighted by Crippen LogP contribution is -2.17. The first-order valence-electron chi connectivity index (χ1n) is 7.55. The molecule has 1 heterocycles. The summed E-state index contributed by atoms with van der Waals surface area (Å²) < 4.78 is 43.3. The highest BCUT2D eigenvalue weighted by atomic mass is 35.5. The number of nitrogens with one attached hydrogen (secondary N) is 2. The van der Waals surface area contributed by atoms with Crippen molar-refractivity contribution in [1.82, 2.24) is 9.97 Å². The Morgan fingerprint density at radius 2 is 2.08 bits per heavy atom. The van der Waals surface area contributed by atoms with Gasteiger partial charge in [0.15, 0.2) is 0 Å². The first kappa shape index (κ1) is 19.9. The third-order valence-electron chi connectivity index (χ3n) is 3.24. The van der Waals surface area contributed by atoms with Crippen molar-refractivity contribution in [2.75, 3.05) is 30.9 Å². The van der Waals surface area contributed by atoms with Gasteiger partial charge in [0.05, 0.1) is 16.3 Å². The van der Waals surface area contributed by atoms with Crippen molar-refractivity contribution in [3.8, 4) is 0 Å². The average molecular weight is 389 g/mol. The van der Waals surface area contributed by atoms with Crippen LogP contribution in [0.4, 0.5) is 24.8 Å². The molecule has 0 bridgehead atoms. The van der Waals surface area contributed by atoms with Gasteiger partial charge in [-0.25, -0.2) is 9.97 Å². The Hall–Kier alpha value is -2.39. The number of aromatic nitrogens is 2. The average Bonchev–Trinajstić information content (AvgIpc) is 2.60. The molecule has 0 radical (unpaired) electrons. The zero-order chi connectivity index (χ0) is 19.2. The lowest BCUT2D eigenvalue weighted by Gasteiger charge is -2.12. The van der Waals surface area contributed by atoms with Crippen molar-refractivity contribution in [2.24, 2.45) is 0 Å². The van der Waals surface area contributed by atoms with Crippen LogP contribution in [0.3, 0.4) is 0 Å². The van der Waals surface area contributed by atoms with Gasteiger partial charge in [-0.2, -0.15) is 13.2 Å². The predicted octanol–water partition coefficient (Wildman–Crippen LogP) is 3.85. The highest BCUT2D eigenvalue weighted by Gasteiger charge is 2.31. The minimum Gasteiger partial charge on any atom is -0.385 e. The summed E-state index contributed by atoms with van der Waals surface area (Å²) in [5.41, 5.74) is -1.08. The maximum atomic E-state index is 12.8. The molecule has 6 nitrogen and oxygen atoms in total. The minimum atomic E-state index is -4.54. The highest BCUT2D eigenvalue weighted by Crippen LogP contribution is 2.33. The van der Waals surface area contributed by atoms with Crippen LogP contribution in [0.25, 0.3) is 0 Å². The molecule has 26 heavy (non-hydrogen) atoms.